The number of anilines is 1. The van der Waals surface area contributed by atoms with E-state index in [4.69, 9.17) is 16.3 Å². The van der Waals surface area contributed by atoms with Crippen LogP contribution in [-0.4, -0.2) is 51.4 Å². The molecule has 4 aromatic rings. The van der Waals surface area contributed by atoms with E-state index in [9.17, 15) is 18.0 Å². The summed E-state index contributed by atoms with van der Waals surface area (Å²) in [7, 11) is -2.68. The van der Waals surface area contributed by atoms with Crippen molar-refractivity contribution in [3.63, 3.8) is 0 Å². The van der Waals surface area contributed by atoms with Crippen molar-refractivity contribution in [2.75, 3.05) is 24.5 Å². The first-order valence-electron chi connectivity index (χ1n) is 14.2. The summed E-state index contributed by atoms with van der Waals surface area (Å²) in [5.41, 5.74) is 2.64. The van der Waals surface area contributed by atoms with E-state index < -0.39 is 28.5 Å². The molecule has 0 fully saturated rings. The summed E-state index contributed by atoms with van der Waals surface area (Å²) in [6.45, 7) is 3.46. The Morgan fingerprint density at radius 1 is 0.886 bits per heavy atom. The van der Waals surface area contributed by atoms with E-state index in [0.29, 0.717) is 22.9 Å². The first-order valence-corrected chi connectivity index (χ1v) is 16.0. The van der Waals surface area contributed by atoms with Gasteiger partial charge in [-0.1, -0.05) is 77.8 Å². The number of hydrogen-bond acceptors (Lipinski definition) is 5. The molecule has 0 saturated heterocycles. The number of rotatable bonds is 13. The molecule has 0 aromatic heterocycles. The number of halogens is 1. The van der Waals surface area contributed by atoms with Crippen molar-refractivity contribution in [3.8, 4) is 5.75 Å². The van der Waals surface area contributed by atoms with Crippen molar-refractivity contribution < 1.29 is 22.7 Å². The predicted octanol–water partition coefficient (Wildman–Crippen LogP) is 5.63. The Bertz CT molecular complexity index is 1660. The maximum Gasteiger partial charge on any atom is 0.264 e. The Labute approximate surface area is 264 Å². The Morgan fingerprint density at radius 2 is 1.52 bits per heavy atom. The molecule has 0 heterocycles. The molecule has 10 heteroatoms. The van der Waals surface area contributed by atoms with E-state index in [1.807, 2.05) is 37.3 Å². The third-order valence-electron chi connectivity index (χ3n) is 7.17. The SMILES string of the molecule is CCNC(=O)[C@H](Cc1ccccc1)N(Cc1ccccc1Cl)C(=O)CN(c1ccc(OC)cc1)S(=O)(=O)c1ccc(C)cc1. The number of hydrogen-bond donors (Lipinski definition) is 1. The van der Waals surface area contributed by atoms with Crippen LogP contribution < -0.4 is 14.4 Å². The molecule has 230 valence electrons. The predicted molar refractivity (Wildman–Crippen MR) is 173 cm³/mol. The highest BCUT2D eigenvalue weighted by Gasteiger charge is 2.34. The topological polar surface area (TPSA) is 96.0 Å². The molecule has 2 amide bonds. The molecule has 0 spiro atoms. The Balaban J connectivity index is 1.80. The Hall–Kier alpha value is -4.34. The fraction of sp³-hybridized carbons (Fsp3) is 0.235. The molecule has 0 aliphatic heterocycles. The molecule has 8 nitrogen and oxygen atoms in total. The second-order valence-electron chi connectivity index (χ2n) is 10.2. The zero-order valence-corrected chi connectivity index (χ0v) is 26.5. The number of nitrogens with one attached hydrogen (secondary N) is 1. The standard InChI is InChI=1S/C34H36ClN3O5S/c1-4-36-34(40)32(22-26-10-6-5-7-11-26)37(23-27-12-8-9-13-31(27)35)33(39)24-38(28-16-18-29(43-3)19-17-28)44(41,42)30-20-14-25(2)15-21-30/h5-21,32H,4,22-24H2,1-3H3,(H,36,40)/t32-/m0/s1. The number of carbonyl (C=O) groups is 2. The normalized spacial score (nSPS) is 11.8. The van der Waals surface area contributed by atoms with E-state index in [2.05, 4.69) is 5.32 Å². The van der Waals surface area contributed by atoms with Crippen LogP contribution >= 0.6 is 11.6 Å². The lowest BCUT2D eigenvalue weighted by atomic mass is 10.0. The van der Waals surface area contributed by atoms with E-state index in [1.54, 1.807) is 67.6 Å². The molecular formula is C34H36ClN3O5S. The van der Waals surface area contributed by atoms with Crippen LogP contribution in [0.15, 0.2) is 108 Å². The van der Waals surface area contributed by atoms with Crippen LogP contribution in [0.4, 0.5) is 5.69 Å². The average molecular weight is 634 g/mol. The van der Waals surface area contributed by atoms with Crippen molar-refractivity contribution in [1.82, 2.24) is 10.2 Å². The van der Waals surface area contributed by atoms with Crippen molar-refractivity contribution in [2.45, 2.75) is 37.8 Å². The quantitative estimate of drug-likeness (QED) is 0.206. The zero-order valence-electron chi connectivity index (χ0n) is 24.9. The van der Waals surface area contributed by atoms with Gasteiger partial charge in [0.25, 0.3) is 10.0 Å². The van der Waals surface area contributed by atoms with Crippen LogP contribution in [0.25, 0.3) is 0 Å². The fourth-order valence-electron chi connectivity index (χ4n) is 4.77. The first kappa shape index (κ1) is 32.6. The van der Waals surface area contributed by atoms with Crippen LogP contribution in [0, 0.1) is 6.92 Å². The van der Waals surface area contributed by atoms with Crippen molar-refractivity contribution in [2.24, 2.45) is 0 Å². The minimum atomic E-state index is -4.20. The van der Waals surface area contributed by atoms with E-state index in [0.717, 1.165) is 15.4 Å². The highest BCUT2D eigenvalue weighted by Crippen LogP contribution is 2.27. The van der Waals surface area contributed by atoms with E-state index in [-0.39, 0.29) is 29.5 Å². The fourth-order valence-corrected chi connectivity index (χ4v) is 6.38. The second-order valence-corrected chi connectivity index (χ2v) is 12.5. The number of benzene rings is 4. The van der Waals surface area contributed by atoms with Gasteiger partial charge in [0, 0.05) is 24.5 Å². The molecule has 0 saturated carbocycles. The molecule has 0 unspecified atom stereocenters. The number of sulfonamides is 1. The van der Waals surface area contributed by atoms with Crippen LogP contribution in [-0.2, 0) is 32.6 Å². The average Bonchev–Trinajstić information content (AvgIpc) is 3.03. The van der Waals surface area contributed by atoms with Gasteiger partial charge in [-0.05, 0) is 67.4 Å². The molecule has 4 rings (SSSR count). The maximum atomic E-state index is 14.4. The summed E-state index contributed by atoms with van der Waals surface area (Å²) in [6.07, 6.45) is 0.218. The van der Waals surface area contributed by atoms with Crippen LogP contribution in [0.2, 0.25) is 5.02 Å². The second kappa shape index (κ2) is 14.9. The number of carbonyl (C=O) groups excluding carboxylic acids is 2. The molecule has 0 radical (unpaired) electrons. The van der Waals surface area contributed by atoms with Gasteiger partial charge >= 0.3 is 0 Å². The lowest BCUT2D eigenvalue weighted by Crippen LogP contribution is -2.53. The third-order valence-corrected chi connectivity index (χ3v) is 9.33. The van der Waals surface area contributed by atoms with Gasteiger partial charge in [-0.25, -0.2) is 8.42 Å². The lowest BCUT2D eigenvalue weighted by molar-refractivity contribution is -0.140. The maximum absolute atomic E-state index is 14.4. The van der Waals surface area contributed by atoms with Crippen LogP contribution in [0.1, 0.15) is 23.6 Å². The first-order chi connectivity index (χ1) is 21.1. The van der Waals surface area contributed by atoms with Gasteiger partial charge in [0.1, 0.15) is 18.3 Å². The summed E-state index contributed by atoms with van der Waals surface area (Å²) in [5, 5.41) is 3.28. The minimum Gasteiger partial charge on any atom is -0.497 e. The molecule has 0 bridgehead atoms. The van der Waals surface area contributed by atoms with Crippen molar-refractivity contribution >= 4 is 39.1 Å². The van der Waals surface area contributed by atoms with Gasteiger partial charge in [0.05, 0.1) is 17.7 Å². The molecule has 44 heavy (non-hydrogen) atoms. The van der Waals surface area contributed by atoms with Crippen LogP contribution in [0.3, 0.4) is 0 Å². The van der Waals surface area contributed by atoms with Gasteiger partial charge in [-0.15, -0.1) is 0 Å². The number of amides is 2. The molecule has 4 aromatic carbocycles. The van der Waals surface area contributed by atoms with E-state index >= 15 is 0 Å². The number of likely N-dealkylation sites (N-methyl/N-ethyl adjacent to an activating group) is 1. The summed E-state index contributed by atoms with van der Waals surface area (Å²) in [5.74, 6) is -0.384. The number of methoxy groups -OCH3 is 1. The minimum absolute atomic E-state index is 0.00578. The van der Waals surface area contributed by atoms with Gasteiger partial charge in [-0.2, -0.15) is 0 Å². The largest absolute Gasteiger partial charge is 0.497 e. The van der Waals surface area contributed by atoms with E-state index in [1.165, 1.54) is 24.1 Å². The Morgan fingerprint density at radius 3 is 2.14 bits per heavy atom. The number of ether oxygens (including phenoxy) is 1. The van der Waals surface area contributed by atoms with Gasteiger partial charge in [-0.3, -0.25) is 13.9 Å². The summed E-state index contributed by atoms with van der Waals surface area (Å²) in [6, 6.07) is 28.4. The summed E-state index contributed by atoms with van der Waals surface area (Å²) < 4.78 is 34.5. The summed E-state index contributed by atoms with van der Waals surface area (Å²) in [4.78, 5) is 29.4. The Kier molecular flexibility index (Phi) is 11.0. The highest BCUT2D eigenvalue weighted by atomic mass is 35.5. The third kappa shape index (κ3) is 7.98. The van der Waals surface area contributed by atoms with Gasteiger partial charge in [0.2, 0.25) is 11.8 Å². The summed E-state index contributed by atoms with van der Waals surface area (Å²) >= 11 is 6.52. The zero-order chi connectivity index (χ0) is 31.7. The molecule has 0 aliphatic rings. The molecule has 1 N–H and O–H groups in total. The molecule has 0 aliphatic carbocycles. The van der Waals surface area contributed by atoms with Crippen LogP contribution in [0.5, 0.6) is 5.75 Å². The molecular weight excluding hydrogens is 598 g/mol. The number of aryl methyl sites for hydroxylation is 1. The van der Waals surface area contributed by atoms with Gasteiger partial charge < -0.3 is 15.0 Å². The van der Waals surface area contributed by atoms with Crippen molar-refractivity contribution in [3.05, 3.63) is 125 Å². The monoisotopic (exact) mass is 633 g/mol. The highest BCUT2D eigenvalue weighted by molar-refractivity contribution is 7.92. The number of nitrogens with zero attached hydrogens (tertiary/aromatic N) is 2. The van der Waals surface area contributed by atoms with Crippen molar-refractivity contribution in [1.29, 1.82) is 0 Å². The van der Waals surface area contributed by atoms with Gasteiger partial charge in [0.15, 0.2) is 0 Å². The lowest BCUT2D eigenvalue weighted by Gasteiger charge is -2.34. The smallest absolute Gasteiger partial charge is 0.264 e. The molecule has 1 atom stereocenters.